The first-order valence-electron chi connectivity index (χ1n) is 9.62. The zero-order chi connectivity index (χ0) is 22.3. The molecule has 6 N–H and O–H groups in total. The van der Waals surface area contributed by atoms with Gasteiger partial charge in [-0.05, 0) is 17.7 Å². The Bertz CT molecular complexity index is 959. The van der Waals surface area contributed by atoms with Gasteiger partial charge in [0.1, 0.15) is 40.8 Å². The summed E-state index contributed by atoms with van der Waals surface area (Å²) >= 11 is 0. The van der Waals surface area contributed by atoms with Crippen molar-refractivity contribution in [1.29, 1.82) is 0 Å². The van der Waals surface area contributed by atoms with Crippen molar-refractivity contribution in [3.8, 4) is 23.0 Å². The summed E-state index contributed by atoms with van der Waals surface area (Å²) in [5.41, 5.74) is 0.233. The Kier molecular flexibility index (Phi) is 5.73. The summed E-state index contributed by atoms with van der Waals surface area (Å²) < 4.78 is 16.8. The molecule has 0 bridgehead atoms. The molecule has 166 valence electrons. The van der Waals surface area contributed by atoms with E-state index in [-0.39, 0.29) is 29.2 Å². The Balaban J connectivity index is 1.60. The first-order valence-corrected chi connectivity index (χ1v) is 9.62. The minimum atomic E-state index is -1.57. The zero-order valence-corrected chi connectivity index (χ0v) is 16.2. The normalized spacial score (nSPS) is 30.4. The summed E-state index contributed by atoms with van der Waals surface area (Å²) in [4.78, 5) is 12.7. The SMILES string of the molecule is O=C1c2c(O)cc(O[C@@H]3C[C@@H](O)[C@@H](O)[C@@H](CO)O3)cc2O[C@H](c2ccc(O)cc2)[C@H]1O. The summed E-state index contributed by atoms with van der Waals surface area (Å²) in [5, 5.41) is 59.2. The first kappa shape index (κ1) is 21.3. The Morgan fingerprint density at radius 2 is 1.77 bits per heavy atom. The van der Waals surface area contributed by atoms with Gasteiger partial charge >= 0.3 is 0 Å². The van der Waals surface area contributed by atoms with Crippen LogP contribution >= 0.6 is 0 Å². The number of rotatable bonds is 4. The van der Waals surface area contributed by atoms with E-state index >= 15 is 0 Å². The molecule has 0 radical (unpaired) electrons. The van der Waals surface area contributed by atoms with E-state index in [9.17, 15) is 35.4 Å². The molecule has 2 aromatic rings. The quantitative estimate of drug-likeness (QED) is 0.385. The van der Waals surface area contributed by atoms with E-state index in [1.807, 2.05) is 0 Å². The number of ether oxygens (including phenoxy) is 3. The number of phenols is 2. The van der Waals surface area contributed by atoms with Crippen molar-refractivity contribution in [2.45, 2.75) is 43.2 Å². The maximum absolute atomic E-state index is 12.7. The van der Waals surface area contributed by atoms with Crippen molar-refractivity contribution in [3.63, 3.8) is 0 Å². The summed E-state index contributed by atoms with van der Waals surface area (Å²) in [6.45, 7) is -0.530. The molecule has 31 heavy (non-hydrogen) atoms. The van der Waals surface area contributed by atoms with Crippen LogP contribution < -0.4 is 9.47 Å². The molecular weight excluding hydrogens is 412 g/mol. The molecule has 0 spiro atoms. The maximum atomic E-state index is 12.7. The Hall–Kier alpha value is -2.89. The molecule has 2 aliphatic heterocycles. The minimum Gasteiger partial charge on any atom is -0.508 e. The van der Waals surface area contributed by atoms with Crippen molar-refractivity contribution < 1.29 is 49.6 Å². The number of hydrogen-bond acceptors (Lipinski definition) is 10. The lowest BCUT2D eigenvalue weighted by Gasteiger charge is -2.36. The number of fused-ring (bicyclic) bond motifs is 1. The molecule has 0 aliphatic carbocycles. The molecule has 0 amide bonds. The second kappa shape index (κ2) is 8.33. The smallest absolute Gasteiger partial charge is 0.202 e. The van der Waals surface area contributed by atoms with E-state index in [4.69, 9.17) is 14.2 Å². The maximum Gasteiger partial charge on any atom is 0.202 e. The number of Topliss-reactive ketones (excluding diaryl/α,β-unsaturated/α-hetero) is 1. The van der Waals surface area contributed by atoms with Crippen LogP contribution in [0.1, 0.15) is 28.4 Å². The van der Waals surface area contributed by atoms with Gasteiger partial charge in [0.15, 0.2) is 12.2 Å². The van der Waals surface area contributed by atoms with Gasteiger partial charge in [-0.15, -0.1) is 0 Å². The van der Waals surface area contributed by atoms with Crippen molar-refractivity contribution in [3.05, 3.63) is 47.5 Å². The summed E-state index contributed by atoms with van der Waals surface area (Å²) in [7, 11) is 0. The number of aliphatic hydroxyl groups excluding tert-OH is 4. The van der Waals surface area contributed by atoms with Gasteiger partial charge in [0.05, 0.1) is 12.7 Å². The molecule has 4 rings (SSSR count). The number of carbonyl (C=O) groups is 1. The van der Waals surface area contributed by atoms with Gasteiger partial charge in [-0.2, -0.15) is 0 Å². The largest absolute Gasteiger partial charge is 0.508 e. The molecule has 2 aliphatic rings. The van der Waals surface area contributed by atoms with Crippen LogP contribution in [0.4, 0.5) is 0 Å². The number of benzene rings is 2. The molecule has 10 heteroatoms. The highest BCUT2D eigenvalue weighted by Gasteiger charge is 2.40. The van der Waals surface area contributed by atoms with Gasteiger partial charge in [-0.1, -0.05) is 12.1 Å². The van der Waals surface area contributed by atoms with Gasteiger partial charge in [-0.25, -0.2) is 0 Å². The van der Waals surface area contributed by atoms with Crippen LogP contribution in [0.25, 0.3) is 0 Å². The zero-order valence-electron chi connectivity index (χ0n) is 16.2. The number of aromatic hydroxyl groups is 2. The molecular formula is C21H22O10. The highest BCUT2D eigenvalue weighted by Crippen LogP contribution is 2.42. The second-order valence-corrected chi connectivity index (χ2v) is 7.45. The van der Waals surface area contributed by atoms with Gasteiger partial charge in [0, 0.05) is 18.6 Å². The van der Waals surface area contributed by atoms with Gasteiger partial charge in [0.25, 0.3) is 0 Å². The average Bonchev–Trinajstić information content (AvgIpc) is 2.73. The Labute approximate surface area is 176 Å². The Morgan fingerprint density at radius 3 is 2.45 bits per heavy atom. The second-order valence-electron chi connectivity index (χ2n) is 7.45. The predicted octanol–water partition coefficient (Wildman–Crippen LogP) is -0.0170. The molecule has 2 aromatic carbocycles. The highest BCUT2D eigenvalue weighted by molar-refractivity contribution is 6.05. The van der Waals surface area contributed by atoms with E-state index in [0.717, 1.165) is 6.07 Å². The van der Waals surface area contributed by atoms with Crippen molar-refractivity contribution in [2.75, 3.05) is 6.61 Å². The molecule has 10 nitrogen and oxygen atoms in total. The minimum absolute atomic E-state index is 0.00933. The van der Waals surface area contributed by atoms with Crippen LogP contribution in [0.2, 0.25) is 0 Å². The topological polar surface area (TPSA) is 166 Å². The van der Waals surface area contributed by atoms with Crippen LogP contribution in [0.3, 0.4) is 0 Å². The third-order valence-corrected chi connectivity index (χ3v) is 5.32. The lowest BCUT2D eigenvalue weighted by molar-refractivity contribution is -0.230. The van der Waals surface area contributed by atoms with E-state index in [1.165, 1.54) is 30.3 Å². The van der Waals surface area contributed by atoms with Crippen molar-refractivity contribution in [2.24, 2.45) is 0 Å². The summed E-state index contributed by atoms with van der Waals surface area (Å²) in [6, 6.07) is 8.25. The molecule has 0 saturated carbocycles. The van der Waals surface area contributed by atoms with Crippen LogP contribution in [0, 0.1) is 0 Å². The molecule has 0 aromatic heterocycles. The molecule has 1 fully saturated rings. The first-order chi connectivity index (χ1) is 14.8. The Morgan fingerprint density at radius 1 is 1.06 bits per heavy atom. The van der Waals surface area contributed by atoms with Crippen molar-refractivity contribution >= 4 is 5.78 Å². The van der Waals surface area contributed by atoms with Gasteiger partial charge < -0.3 is 44.8 Å². The standard InChI is InChI=1S/C21H22O10/c22-8-15-18(26)13(25)7-16(30-15)29-11-5-12(24)17-14(6-11)31-21(20(28)19(17)27)9-1-3-10(23)4-2-9/h1-6,13,15-16,18,20-26,28H,7-8H2/t13-,15-,16+,18-,20+,21-/m1/s1. The fraction of sp³-hybridized carbons (Fsp3) is 0.381. The number of aliphatic hydroxyl groups is 4. The number of ketones is 1. The van der Waals surface area contributed by atoms with Crippen LogP contribution in [-0.4, -0.2) is 73.7 Å². The summed E-state index contributed by atoms with van der Waals surface area (Å²) in [5.74, 6) is -1.18. The van der Waals surface area contributed by atoms with E-state index in [0.29, 0.717) is 5.56 Å². The lowest BCUT2D eigenvalue weighted by atomic mass is 9.93. The predicted molar refractivity (Wildman–Crippen MR) is 103 cm³/mol. The summed E-state index contributed by atoms with van der Waals surface area (Å²) in [6.07, 6.45) is -7.28. The van der Waals surface area contributed by atoms with Gasteiger partial charge in [-0.3, -0.25) is 4.79 Å². The number of hydrogen-bond donors (Lipinski definition) is 6. The van der Waals surface area contributed by atoms with Crippen LogP contribution in [0.15, 0.2) is 36.4 Å². The van der Waals surface area contributed by atoms with E-state index in [2.05, 4.69) is 0 Å². The average molecular weight is 434 g/mol. The molecule has 6 atom stereocenters. The molecule has 1 saturated heterocycles. The monoisotopic (exact) mass is 434 g/mol. The fourth-order valence-electron chi connectivity index (χ4n) is 3.68. The third-order valence-electron chi connectivity index (χ3n) is 5.32. The fourth-order valence-corrected chi connectivity index (χ4v) is 3.68. The van der Waals surface area contributed by atoms with Gasteiger partial charge in [0.2, 0.25) is 12.1 Å². The van der Waals surface area contributed by atoms with Crippen LogP contribution in [-0.2, 0) is 4.74 Å². The van der Waals surface area contributed by atoms with E-state index in [1.54, 1.807) is 0 Å². The number of phenolic OH excluding ortho intramolecular Hbond substituents is 2. The third kappa shape index (κ3) is 4.03. The number of carbonyl (C=O) groups excluding carboxylic acids is 1. The lowest BCUT2D eigenvalue weighted by Crippen LogP contribution is -2.51. The van der Waals surface area contributed by atoms with Crippen molar-refractivity contribution in [1.82, 2.24) is 0 Å². The van der Waals surface area contributed by atoms with Crippen LogP contribution in [0.5, 0.6) is 23.0 Å². The highest BCUT2D eigenvalue weighted by atomic mass is 16.7. The molecule has 2 heterocycles. The molecule has 0 unspecified atom stereocenters. The van der Waals surface area contributed by atoms with E-state index < -0.39 is 54.9 Å².